The number of halogens is 1. The van der Waals surface area contributed by atoms with Gasteiger partial charge < -0.3 is 15.3 Å². The van der Waals surface area contributed by atoms with E-state index in [1.165, 1.54) is 0 Å². The molecule has 0 saturated carbocycles. The summed E-state index contributed by atoms with van der Waals surface area (Å²) in [5.74, 6) is 0.787. The molecule has 5 nitrogen and oxygen atoms in total. The van der Waals surface area contributed by atoms with Crippen molar-refractivity contribution in [1.82, 2.24) is 9.88 Å². The smallest absolute Gasteiger partial charge is 0.257 e. The van der Waals surface area contributed by atoms with Crippen molar-refractivity contribution in [3.05, 3.63) is 22.3 Å². The van der Waals surface area contributed by atoms with Crippen LogP contribution in [0, 0.1) is 5.92 Å². The molecule has 1 amide bonds. The fourth-order valence-corrected chi connectivity index (χ4v) is 2.81. The third-order valence-electron chi connectivity index (χ3n) is 3.49. The molecule has 20 heavy (non-hydrogen) atoms. The van der Waals surface area contributed by atoms with Gasteiger partial charge >= 0.3 is 0 Å². The Kier molecular flexibility index (Phi) is 5.37. The normalized spacial score (nSPS) is 18.9. The summed E-state index contributed by atoms with van der Waals surface area (Å²) >= 11 is 3.36. The highest BCUT2D eigenvalue weighted by Crippen LogP contribution is 2.23. The summed E-state index contributed by atoms with van der Waals surface area (Å²) in [6.45, 7) is 4.19. The average Bonchev–Trinajstić information content (AvgIpc) is 2.48. The van der Waals surface area contributed by atoms with E-state index in [1.807, 2.05) is 11.8 Å². The first-order valence-corrected chi connectivity index (χ1v) is 7.74. The lowest BCUT2D eigenvalue weighted by Crippen LogP contribution is -2.41. The fourth-order valence-electron chi connectivity index (χ4n) is 2.48. The Morgan fingerprint density at radius 3 is 3.15 bits per heavy atom. The number of amides is 1. The predicted octanol–water partition coefficient (Wildman–Crippen LogP) is 2.12. The molecule has 1 aromatic heterocycles. The zero-order valence-electron chi connectivity index (χ0n) is 11.6. The van der Waals surface area contributed by atoms with Crippen LogP contribution in [0.2, 0.25) is 0 Å². The first-order valence-electron chi connectivity index (χ1n) is 6.95. The zero-order chi connectivity index (χ0) is 14.5. The number of rotatable bonds is 4. The van der Waals surface area contributed by atoms with E-state index in [2.05, 4.69) is 26.2 Å². The second kappa shape index (κ2) is 7.04. The minimum Gasteiger partial charge on any atom is -0.396 e. The monoisotopic (exact) mass is 341 g/mol. The van der Waals surface area contributed by atoms with Crippen LogP contribution in [0.1, 0.15) is 30.1 Å². The van der Waals surface area contributed by atoms with Gasteiger partial charge in [0.2, 0.25) is 0 Å². The van der Waals surface area contributed by atoms with E-state index in [0.29, 0.717) is 24.5 Å². The Labute approximate surface area is 127 Å². The van der Waals surface area contributed by atoms with Crippen LogP contribution in [0.3, 0.4) is 0 Å². The summed E-state index contributed by atoms with van der Waals surface area (Å²) in [6.07, 6.45) is 3.60. The molecule has 0 bridgehead atoms. The van der Waals surface area contributed by atoms with Crippen molar-refractivity contribution in [2.75, 3.05) is 31.6 Å². The number of anilines is 1. The number of nitrogens with zero attached hydrogens (tertiary/aromatic N) is 2. The van der Waals surface area contributed by atoms with E-state index in [1.54, 1.807) is 12.3 Å². The topological polar surface area (TPSA) is 65.5 Å². The summed E-state index contributed by atoms with van der Waals surface area (Å²) < 4.78 is 0.790. The van der Waals surface area contributed by atoms with Crippen LogP contribution in [-0.2, 0) is 0 Å². The van der Waals surface area contributed by atoms with Gasteiger partial charge in [-0.1, -0.05) is 0 Å². The average molecular weight is 342 g/mol. The molecule has 2 N–H and O–H groups in total. The molecule has 0 spiro atoms. The van der Waals surface area contributed by atoms with Crippen molar-refractivity contribution in [2.45, 2.75) is 19.8 Å². The molecule has 1 aliphatic rings. The molecule has 1 unspecified atom stereocenters. The molecule has 0 aliphatic carbocycles. The standard InChI is InChI=1S/C14H20BrN3O2/c1-2-16-13-12(6-11(15)7-17-13)14(20)18-5-3-4-10(8-18)9-19/h6-7,10,19H,2-5,8-9H2,1H3,(H,16,17). The van der Waals surface area contributed by atoms with Crippen LogP contribution in [0.25, 0.3) is 0 Å². The Balaban J connectivity index is 2.21. The Bertz CT molecular complexity index is 481. The Morgan fingerprint density at radius 2 is 2.45 bits per heavy atom. The van der Waals surface area contributed by atoms with E-state index >= 15 is 0 Å². The molecule has 1 fully saturated rings. The molecule has 1 aliphatic heterocycles. The van der Waals surface area contributed by atoms with Crippen molar-refractivity contribution < 1.29 is 9.90 Å². The van der Waals surface area contributed by atoms with Gasteiger partial charge in [0.05, 0.1) is 5.56 Å². The highest BCUT2D eigenvalue weighted by molar-refractivity contribution is 9.10. The quantitative estimate of drug-likeness (QED) is 0.880. The third-order valence-corrected chi connectivity index (χ3v) is 3.93. The van der Waals surface area contributed by atoms with Crippen LogP contribution in [-0.4, -0.2) is 47.1 Å². The van der Waals surface area contributed by atoms with Gasteiger partial charge in [-0.2, -0.15) is 0 Å². The van der Waals surface area contributed by atoms with E-state index in [-0.39, 0.29) is 18.4 Å². The largest absolute Gasteiger partial charge is 0.396 e. The summed E-state index contributed by atoms with van der Waals surface area (Å²) in [7, 11) is 0. The number of aromatic nitrogens is 1. The number of aliphatic hydroxyl groups excluding tert-OH is 1. The predicted molar refractivity (Wildman–Crippen MR) is 81.8 cm³/mol. The molecule has 2 rings (SSSR count). The van der Waals surface area contributed by atoms with Crippen LogP contribution in [0.5, 0.6) is 0 Å². The van der Waals surface area contributed by atoms with Crippen molar-refractivity contribution in [3.63, 3.8) is 0 Å². The number of hydrogen-bond donors (Lipinski definition) is 2. The summed E-state index contributed by atoms with van der Waals surface area (Å²) in [4.78, 5) is 18.7. The number of likely N-dealkylation sites (tertiary alicyclic amines) is 1. The summed E-state index contributed by atoms with van der Waals surface area (Å²) in [6, 6.07) is 1.80. The SMILES string of the molecule is CCNc1ncc(Br)cc1C(=O)N1CCCC(CO)C1. The molecular weight excluding hydrogens is 322 g/mol. The van der Waals surface area contributed by atoms with Crippen molar-refractivity contribution in [1.29, 1.82) is 0 Å². The molecule has 1 atom stereocenters. The Hall–Kier alpha value is -1.14. The molecule has 1 saturated heterocycles. The highest BCUT2D eigenvalue weighted by atomic mass is 79.9. The van der Waals surface area contributed by atoms with Crippen molar-refractivity contribution in [2.24, 2.45) is 5.92 Å². The molecule has 0 radical (unpaired) electrons. The van der Waals surface area contributed by atoms with Crippen LogP contribution in [0.4, 0.5) is 5.82 Å². The summed E-state index contributed by atoms with van der Waals surface area (Å²) in [5.41, 5.74) is 0.583. The first-order chi connectivity index (χ1) is 9.65. The van der Waals surface area contributed by atoms with E-state index in [9.17, 15) is 9.90 Å². The van der Waals surface area contributed by atoms with Gasteiger partial charge in [-0.05, 0) is 47.7 Å². The number of aliphatic hydroxyl groups is 1. The number of piperidine rings is 1. The molecule has 1 aromatic rings. The second-order valence-corrected chi connectivity index (χ2v) is 5.94. The first kappa shape index (κ1) is 15.3. The fraction of sp³-hybridized carbons (Fsp3) is 0.571. The minimum atomic E-state index is -0.0205. The van der Waals surface area contributed by atoms with Gasteiger partial charge in [-0.25, -0.2) is 4.98 Å². The molecular formula is C14H20BrN3O2. The van der Waals surface area contributed by atoms with Gasteiger partial charge in [-0.15, -0.1) is 0 Å². The number of hydrogen-bond acceptors (Lipinski definition) is 4. The van der Waals surface area contributed by atoms with Crippen LogP contribution < -0.4 is 5.32 Å². The lowest BCUT2D eigenvalue weighted by Gasteiger charge is -2.32. The highest BCUT2D eigenvalue weighted by Gasteiger charge is 2.26. The Morgan fingerprint density at radius 1 is 1.65 bits per heavy atom. The second-order valence-electron chi connectivity index (χ2n) is 5.02. The molecule has 6 heteroatoms. The van der Waals surface area contributed by atoms with Crippen LogP contribution in [0.15, 0.2) is 16.7 Å². The van der Waals surface area contributed by atoms with Gasteiger partial charge in [0.1, 0.15) is 5.82 Å². The number of pyridine rings is 1. The molecule has 110 valence electrons. The third kappa shape index (κ3) is 3.49. The van der Waals surface area contributed by atoms with E-state index in [0.717, 1.165) is 23.9 Å². The van der Waals surface area contributed by atoms with Crippen molar-refractivity contribution >= 4 is 27.7 Å². The van der Waals surface area contributed by atoms with E-state index < -0.39 is 0 Å². The number of nitrogens with one attached hydrogen (secondary N) is 1. The molecule has 2 heterocycles. The van der Waals surface area contributed by atoms with Gasteiger partial charge in [-0.3, -0.25) is 4.79 Å². The lowest BCUT2D eigenvalue weighted by molar-refractivity contribution is 0.0621. The number of carbonyl (C=O) groups excluding carboxylic acids is 1. The van der Waals surface area contributed by atoms with Crippen molar-refractivity contribution in [3.8, 4) is 0 Å². The zero-order valence-corrected chi connectivity index (χ0v) is 13.2. The minimum absolute atomic E-state index is 0.0205. The summed E-state index contributed by atoms with van der Waals surface area (Å²) in [5, 5.41) is 12.4. The number of carbonyl (C=O) groups is 1. The lowest BCUT2D eigenvalue weighted by atomic mass is 9.98. The maximum absolute atomic E-state index is 12.7. The van der Waals surface area contributed by atoms with Gasteiger partial charge in [0.25, 0.3) is 5.91 Å². The maximum Gasteiger partial charge on any atom is 0.257 e. The van der Waals surface area contributed by atoms with Gasteiger partial charge in [0, 0.05) is 36.9 Å². The van der Waals surface area contributed by atoms with Gasteiger partial charge in [0.15, 0.2) is 0 Å². The maximum atomic E-state index is 12.7. The van der Waals surface area contributed by atoms with E-state index in [4.69, 9.17) is 0 Å². The van der Waals surface area contributed by atoms with Crippen LogP contribution >= 0.6 is 15.9 Å². The molecule has 0 aromatic carbocycles.